The molecule has 11 nitrogen and oxygen atoms in total. The summed E-state index contributed by atoms with van der Waals surface area (Å²) >= 11 is 0. The molecule has 1 fully saturated rings. The fourth-order valence-electron chi connectivity index (χ4n) is 3.72. The van der Waals surface area contributed by atoms with E-state index >= 15 is 0 Å². The van der Waals surface area contributed by atoms with Gasteiger partial charge >= 0.3 is 5.97 Å². The zero-order valence-corrected chi connectivity index (χ0v) is 23.2. The van der Waals surface area contributed by atoms with Gasteiger partial charge in [-0.3, -0.25) is 19.7 Å². The molecule has 1 aliphatic rings. The fourth-order valence-corrected chi connectivity index (χ4v) is 7.13. The summed E-state index contributed by atoms with van der Waals surface area (Å²) in [5, 5.41) is 12.4. The number of β-lactam (4-membered cyclic amide) rings is 1. The summed E-state index contributed by atoms with van der Waals surface area (Å²) in [5.41, 5.74) is 0.681. The molecule has 0 aliphatic carbocycles. The number of rotatable bonds is 13. The second kappa shape index (κ2) is 13.4. The molecule has 1 N–H and O–H groups in total. The fraction of sp³-hybridized carbons (Fsp3) is 0.346. The molecule has 4 atom stereocenters. The first kappa shape index (κ1) is 29.8. The van der Waals surface area contributed by atoms with Crippen molar-refractivity contribution >= 4 is 44.1 Å². The molecule has 2 aromatic carbocycles. The van der Waals surface area contributed by atoms with Crippen LogP contribution in [0.3, 0.4) is 0 Å². The van der Waals surface area contributed by atoms with Gasteiger partial charge in [-0.1, -0.05) is 49.4 Å². The van der Waals surface area contributed by atoms with Gasteiger partial charge in [-0.25, -0.2) is 9.00 Å². The number of ether oxygens (including phenoxy) is 2. The Morgan fingerprint density at radius 1 is 1.18 bits per heavy atom. The summed E-state index contributed by atoms with van der Waals surface area (Å²) in [7, 11) is -0.594. The zero-order valence-electron chi connectivity index (χ0n) is 21.6. The summed E-state index contributed by atoms with van der Waals surface area (Å²) in [5.74, 6) is -1.52. The number of likely N-dealkylation sites (tertiary alicyclic amines) is 1. The number of carbonyl (C=O) groups excluding carboxylic acids is 3. The van der Waals surface area contributed by atoms with E-state index < -0.39 is 50.0 Å². The van der Waals surface area contributed by atoms with Gasteiger partial charge in [0.2, 0.25) is 5.91 Å². The van der Waals surface area contributed by atoms with Gasteiger partial charge in [0, 0.05) is 17.4 Å². The van der Waals surface area contributed by atoms with Crippen molar-refractivity contribution in [2.24, 2.45) is 0 Å². The number of hydrogen-bond donors (Lipinski definition) is 1. The molecule has 1 heterocycles. The lowest BCUT2D eigenvalue weighted by Crippen LogP contribution is -2.75. The number of nitrogens with one attached hydrogen (secondary N) is 1. The van der Waals surface area contributed by atoms with E-state index in [4.69, 9.17) is 9.47 Å². The number of nitrogens with zero attached hydrogens (tertiary/aromatic N) is 2. The van der Waals surface area contributed by atoms with E-state index in [9.17, 15) is 28.7 Å². The molecule has 4 unspecified atom stereocenters. The topological polar surface area (TPSA) is 145 Å². The van der Waals surface area contributed by atoms with Crippen molar-refractivity contribution in [3.05, 3.63) is 82.4 Å². The predicted octanol–water partition coefficient (Wildman–Crippen LogP) is 3.12. The molecule has 1 saturated heterocycles. The second-order valence-corrected chi connectivity index (χ2v) is 12.7. The molecule has 0 spiro atoms. The molecule has 2 amide bonds. The SMILES string of the molecule is C=C(C)C(C(=O)OCc1ccc([N+](=O)[O-])cc1)N1C(=O)C(NC(=O)COc2ccccc2)C1S(=O)SC(C)C. The molecule has 0 radical (unpaired) electrons. The number of nitro groups is 1. The van der Waals surface area contributed by atoms with Gasteiger partial charge in [0.25, 0.3) is 11.6 Å². The standard InChI is InChI=1S/C26H29N3O8S2/c1-16(2)23(26(32)37-14-18-10-12-19(13-11-18)29(33)34)28-24(31)22(25(28)39(35)38-17(3)4)27-21(30)15-36-20-8-6-5-7-9-20/h5-13,17,22-23,25H,1,14-15H2,2-4H3,(H,27,30). The number of hydrogen-bond acceptors (Lipinski definition) is 9. The van der Waals surface area contributed by atoms with Crippen LogP contribution in [0.1, 0.15) is 26.3 Å². The average Bonchev–Trinajstić information content (AvgIpc) is 2.89. The summed E-state index contributed by atoms with van der Waals surface area (Å²) in [6, 6.07) is 11.8. The Kier molecular flexibility index (Phi) is 10.2. The molecular weight excluding hydrogens is 546 g/mol. The third-order valence-electron chi connectivity index (χ3n) is 5.49. The molecular formula is C26H29N3O8S2. The van der Waals surface area contributed by atoms with Gasteiger partial charge in [0.15, 0.2) is 12.6 Å². The number of esters is 1. The highest BCUT2D eigenvalue weighted by Crippen LogP contribution is 2.34. The lowest BCUT2D eigenvalue weighted by molar-refractivity contribution is -0.384. The van der Waals surface area contributed by atoms with Crippen LogP contribution in [0.15, 0.2) is 66.7 Å². The van der Waals surface area contributed by atoms with E-state index in [-0.39, 0.29) is 29.7 Å². The highest BCUT2D eigenvalue weighted by atomic mass is 33.1. The van der Waals surface area contributed by atoms with Crippen LogP contribution in [0.25, 0.3) is 0 Å². The number of non-ortho nitro benzene ring substituents is 1. The monoisotopic (exact) mass is 575 g/mol. The summed E-state index contributed by atoms with van der Waals surface area (Å²) < 4.78 is 24.1. The summed E-state index contributed by atoms with van der Waals surface area (Å²) in [6.07, 6.45) is 0. The third-order valence-corrected chi connectivity index (χ3v) is 9.27. The average molecular weight is 576 g/mol. The highest BCUT2D eigenvalue weighted by molar-refractivity contribution is 8.69. The molecule has 1 aliphatic heterocycles. The summed E-state index contributed by atoms with van der Waals surface area (Å²) in [4.78, 5) is 50.3. The van der Waals surface area contributed by atoms with Gasteiger partial charge in [-0.2, -0.15) is 0 Å². The zero-order chi connectivity index (χ0) is 28.7. The van der Waals surface area contributed by atoms with Crippen molar-refractivity contribution < 1.29 is 33.0 Å². The van der Waals surface area contributed by atoms with Crippen LogP contribution in [0.5, 0.6) is 5.75 Å². The number of benzene rings is 2. The van der Waals surface area contributed by atoms with E-state index in [2.05, 4.69) is 11.9 Å². The lowest BCUT2D eigenvalue weighted by Gasteiger charge is -2.49. The Bertz CT molecular complexity index is 1250. The normalized spacial score (nSPS) is 18.1. The Labute approximate surface area is 231 Å². The van der Waals surface area contributed by atoms with E-state index in [1.165, 1.54) is 24.3 Å². The molecule has 208 valence electrons. The van der Waals surface area contributed by atoms with Crippen LogP contribution in [0, 0.1) is 10.1 Å². The van der Waals surface area contributed by atoms with Crippen molar-refractivity contribution in [2.75, 3.05) is 6.61 Å². The van der Waals surface area contributed by atoms with Crippen LogP contribution >= 0.6 is 10.8 Å². The minimum atomic E-state index is -1.69. The predicted molar refractivity (Wildman–Crippen MR) is 147 cm³/mol. The maximum Gasteiger partial charge on any atom is 0.333 e. The quantitative estimate of drug-likeness (QED) is 0.0951. The van der Waals surface area contributed by atoms with Gasteiger partial charge in [-0.15, -0.1) is 0 Å². The Balaban J connectivity index is 1.72. The van der Waals surface area contributed by atoms with Crippen molar-refractivity contribution in [3.8, 4) is 5.75 Å². The van der Waals surface area contributed by atoms with Crippen molar-refractivity contribution in [3.63, 3.8) is 0 Å². The highest BCUT2D eigenvalue weighted by Gasteiger charge is 2.56. The van der Waals surface area contributed by atoms with E-state index in [0.29, 0.717) is 11.3 Å². The third kappa shape index (κ3) is 7.67. The van der Waals surface area contributed by atoms with Crippen molar-refractivity contribution in [2.45, 2.75) is 50.1 Å². The molecule has 2 aromatic rings. The maximum atomic E-state index is 13.2. The largest absolute Gasteiger partial charge is 0.484 e. The van der Waals surface area contributed by atoms with E-state index in [1.54, 1.807) is 37.3 Å². The van der Waals surface area contributed by atoms with Crippen LogP contribution in [-0.4, -0.2) is 61.1 Å². The lowest BCUT2D eigenvalue weighted by atomic mass is 9.99. The Morgan fingerprint density at radius 3 is 2.38 bits per heavy atom. The first-order valence-electron chi connectivity index (χ1n) is 11.9. The minimum absolute atomic E-state index is 0.0569. The molecule has 0 bridgehead atoms. The van der Waals surface area contributed by atoms with Crippen molar-refractivity contribution in [1.29, 1.82) is 0 Å². The Morgan fingerprint density at radius 2 is 1.82 bits per heavy atom. The van der Waals surface area contributed by atoms with Crippen LogP contribution in [0.2, 0.25) is 0 Å². The maximum absolute atomic E-state index is 13.2. The molecule has 0 aromatic heterocycles. The smallest absolute Gasteiger partial charge is 0.333 e. The molecule has 13 heteroatoms. The van der Waals surface area contributed by atoms with E-state index in [0.717, 1.165) is 15.7 Å². The first-order chi connectivity index (χ1) is 18.5. The number of carbonyl (C=O) groups is 3. The van der Waals surface area contributed by atoms with Gasteiger partial charge in [-0.05, 0) is 42.3 Å². The van der Waals surface area contributed by atoms with Gasteiger partial charge in [0.05, 0.1) is 4.92 Å². The van der Waals surface area contributed by atoms with Crippen LogP contribution < -0.4 is 10.1 Å². The minimum Gasteiger partial charge on any atom is -0.484 e. The van der Waals surface area contributed by atoms with E-state index in [1.807, 2.05) is 13.8 Å². The summed E-state index contributed by atoms with van der Waals surface area (Å²) in [6.45, 7) is 8.48. The molecule has 39 heavy (non-hydrogen) atoms. The van der Waals surface area contributed by atoms with Crippen LogP contribution in [0.4, 0.5) is 5.69 Å². The number of nitro benzene ring substituents is 1. The van der Waals surface area contributed by atoms with Gasteiger partial charge in [0.1, 0.15) is 33.6 Å². The first-order valence-corrected chi connectivity index (χ1v) is 14.5. The Hall–Kier alpha value is -3.71. The number of para-hydroxylation sites is 1. The van der Waals surface area contributed by atoms with Crippen LogP contribution in [-0.2, 0) is 35.6 Å². The second-order valence-electron chi connectivity index (χ2n) is 8.97. The molecule has 0 saturated carbocycles. The molecule has 3 rings (SSSR count). The van der Waals surface area contributed by atoms with Crippen molar-refractivity contribution in [1.82, 2.24) is 10.2 Å². The van der Waals surface area contributed by atoms with Gasteiger partial charge < -0.3 is 19.7 Å². The number of amides is 2.